The number of rotatable bonds is 3. The minimum Gasteiger partial charge on any atom is -0.466 e. The van der Waals surface area contributed by atoms with Crippen LogP contribution in [0.15, 0.2) is 0 Å². The van der Waals surface area contributed by atoms with Gasteiger partial charge in [0.2, 0.25) is 0 Å². The van der Waals surface area contributed by atoms with Gasteiger partial charge in [0.25, 0.3) is 0 Å². The highest BCUT2D eigenvalue weighted by molar-refractivity contribution is 5.72. The topological polar surface area (TPSA) is 66.8 Å². The summed E-state index contributed by atoms with van der Waals surface area (Å²) in [5.41, 5.74) is -0.969. The lowest BCUT2D eigenvalue weighted by Gasteiger charge is -2.33. The molecule has 0 aliphatic heterocycles. The van der Waals surface area contributed by atoms with Crippen molar-refractivity contribution >= 4 is 5.97 Å². The van der Waals surface area contributed by atoms with E-state index in [4.69, 9.17) is 9.84 Å². The molecule has 0 aromatic rings. The van der Waals surface area contributed by atoms with E-state index in [-0.39, 0.29) is 18.5 Å². The van der Waals surface area contributed by atoms with Gasteiger partial charge in [-0.3, -0.25) is 4.79 Å². The molecule has 1 fully saturated rings. The van der Waals surface area contributed by atoms with Gasteiger partial charge in [-0.15, -0.1) is 0 Å². The summed E-state index contributed by atoms with van der Waals surface area (Å²) in [5.74, 6) is -0.269. The summed E-state index contributed by atoms with van der Waals surface area (Å²) in [6.07, 6.45) is 2.17. The molecular formula is C10H18O4. The van der Waals surface area contributed by atoms with Gasteiger partial charge in [-0.25, -0.2) is 0 Å². The summed E-state index contributed by atoms with van der Waals surface area (Å²) < 4.78 is 4.90. The van der Waals surface area contributed by atoms with Crippen LogP contribution in [0.4, 0.5) is 0 Å². The first-order valence-electron chi connectivity index (χ1n) is 5.11. The zero-order valence-corrected chi connectivity index (χ0v) is 8.53. The van der Waals surface area contributed by atoms with Crippen molar-refractivity contribution < 1.29 is 19.7 Å². The van der Waals surface area contributed by atoms with Crippen LogP contribution >= 0.6 is 0 Å². The number of hydrogen-bond acceptors (Lipinski definition) is 4. The van der Waals surface area contributed by atoms with Gasteiger partial charge in [0.1, 0.15) is 0 Å². The van der Waals surface area contributed by atoms with Crippen molar-refractivity contribution in [2.24, 2.45) is 5.92 Å². The van der Waals surface area contributed by atoms with Crippen LogP contribution in [-0.2, 0) is 9.53 Å². The predicted molar refractivity (Wildman–Crippen MR) is 50.6 cm³/mol. The summed E-state index contributed by atoms with van der Waals surface area (Å²) in [4.78, 5) is 11.3. The normalized spacial score (nSPS) is 32.6. The van der Waals surface area contributed by atoms with Crippen molar-refractivity contribution in [3.05, 3.63) is 0 Å². The summed E-state index contributed by atoms with van der Waals surface area (Å²) >= 11 is 0. The van der Waals surface area contributed by atoms with E-state index in [2.05, 4.69) is 0 Å². The maximum absolute atomic E-state index is 11.3. The van der Waals surface area contributed by atoms with Crippen LogP contribution in [-0.4, -0.2) is 35.0 Å². The molecule has 82 valence electrons. The molecule has 0 heterocycles. The maximum atomic E-state index is 11.3. The number of esters is 1. The standard InChI is InChI=1S/C10H18O4/c1-2-14-9(12)8-3-5-10(13,7-11)6-4-8/h8,11,13H,2-7H2,1H3. The van der Waals surface area contributed by atoms with Gasteiger partial charge in [0.15, 0.2) is 0 Å². The van der Waals surface area contributed by atoms with E-state index in [9.17, 15) is 9.90 Å². The molecule has 14 heavy (non-hydrogen) atoms. The maximum Gasteiger partial charge on any atom is 0.308 e. The molecule has 2 N–H and O–H groups in total. The lowest BCUT2D eigenvalue weighted by atomic mass is 9.79. The first-order valence-corrected chi connectivity index (χ1v) is 5.11. The minimum atomic E-state index is -0.969. The number of carbonyl (C=O) groups is 1. The Balaban J connectivity index is 2.39. The van der Waals surface area contributed by atoms with Crippen LogP contribution in [0.1, 0.15) is 32.6 Å². The number of aliphatic hydroxyl groups is 2. The van der Waals surface area contributed by atoms with Crippen molar-refractivity contribution in [2.45, 2.75) is 38.2 Å². The third-order valence-corrected chi connectivity index (χ3v) is 2.83. The van der Waals surface area contributed by atoms with Crippen molar-refractivity contribution in [1.29, 1.82) is 0 Å². The van der Waals surface area contributed by atoms with E-state index in [0.717, 1.165) is 0 Å². The second-order valence-electron chi connectivity index (χ2n) is 3.91. The molecule has 0 unspecified atom stereocenters. The second-order valence-corrected chi connectivity index (χ2v) is 3.91. The summed E-state index contributed by atoms with van der Waals surface area (Å²) in [6, 6.07) is 0. The van der Waals surface area contributed by atoms with E-state index in [1.807, 2.05) is 0 Å². The molecule has 0 radical (unpaired) electrons. The summed E-state index contributed by atoms with van der Waals surface area (Å²) in [7, 11) is 0. The molecule has 0 aromatic heterocycles. The first-order chi connectivity index (χ1) is 6.61. The van der Waals surface area contributed by atoms with Gasteiger partial charge in [-0.1, -0.05) is 0 Å². The van der Waals surface area contributed by atoms with Gasteiger partial charge in [-0.05, 0) is 32.6 Å². The zero-order valence-electron chi connectivity index (χ0n) is 8.53. The molecule has 1 aliphatic carbocycles. The van der Waals surface area contributed by atoms with Crippen LogP contribution in [0.25, 0.3) is 0 Å². The Kier molecular flexibility index (Phi) is 3.89. The molecule has 0 spiro atoms. The average molecular weight is 202 g/mol. The third-order valence-electron chi connectivity index (χ3n) is 2.83. The molecule has 0 saturated heterocycles. The van der Waals surface area contributed by atoms with Gasteiger partial charge in [0, 0.05) is 0 Å². The van der Waals surface area contributed by atoms with Gasteiger partial charge in [-0.2, -0.15) is 0 Å². The van der Waals surface area contributed by atoms with Crippen molar-refractivity contribution in [1.82, 2.24) is 0 Å². The number of hydrogen-bond donors (Lipinski definition) is 2. The first kappa shape index (κ1) is 11.5. The van der Waals surface area contributed by atoms with Crippen LogP contribution in [0, 0.1) is 5.92 Å². The predicted octanol–water partition coefficient (Wildman–Crippen LogP) is 0.463. The van der Waals surface area contributed by atoms with Crippen LogP contribution in [0.3, 0.4) is 0 Å². The molecule has 0 atom stereocenters. The Hall–Kier alpha value is -0.610. The summed E-state index contributed by atoms with van der Waals surface area (Å²) in [6.45, 7) is 1.97. The van der Waals surface area contributed by atoms with Gasteiger partial charge in [0.05, 0.1) is 24.7 Å². The third kappa shape index (κ3) is 2.69. The number of ether oxygens (including phenoxy) is 1. The second kappa shape index (κ2) is 4.75. The molecule has 4 nitrogen and oxygen atoms in total. The molecular weight excluding hydrogens is 184 g/mol. The lowest BCUT2D eigenvalue weighted by Crippen LogP contribution is -2.39. The molecule has 1 aliphatic rings. The van der Waals surface area contributed by atoms with Crippen LogP contribution in [0.5, 0.6) is 0 Å². The highest BCUT2D eigenvalue weighted by Crippen LogP contribution is 2.32. The van der Waals surface area contributed by atoms with E-state index in [0.29, 0.717) is 32.3 Å². The monoisotopic (exact) mass is 202 g/mol. The molecule has 4 heteroatoms. The van der Waals surface area contributed by atoms with E-state index in [1.54, 1.807) is 6.92 Å². The smallest absolute Gasteiger partial charge is 0.308 e. The average Bonchev–Trinajstić information content (AvgIpc) is 2.19. The fraction of sp³-hybridized carbons (Fsp3) is 0.900. The number of aliphatic hydroxyl groups excluding tert-OH is 1. The Morgan fingerprint density at radius 1 is 1.50 bits per heavy atom. The molecule has 0 bridgehead atoms. The van der Waals surface area contributed by atoms with Crippen LogP contribution in [0.2, 0.25) is 0 Å². The number of carbonyl (C=O) groups excluding carboxylic acids is 1. The lowest BCUT2D eigenvalue weighted by molar-refractivity contribution is -0.151. The molecule has 0 aromatic carbocycles. The Labute approximate surface area is 83.9 Å². The molecule has 1 saturated carbocycles. The van der Waals surface area contributed by atoms with Crippen molar-refractivity contribution in [2.75, 3.05) is 13.2 Å². The Morgan fingerprint density at radius 3 is 2.50 bits per heavy atom. The van der Waals surface area contributed by atoms with Gasteiger partial charge < -0.3 is 14.9 Å². The van der Waals surface area contributed by atoms with E-state index in [1.165, 1.54) is 0 Å². The largest absolute Gasteiger partial charge is 0.466 e. The molecule has 0 amide bonds. The van der Waals surface area contributed by atoms with Crippen molar-refractivity contribution in [3.8, 4) is 0 Å². The molecule has 1 rings (SSSR count). The Bertz CT molecular complexity index is 194. The highest BCUT2D eigenvalue weighted by atomic mass is 16.5. The zero-order chi connectivity index (χ0) is 10.6. The summed E-state index contributed by atoms with van der Waals surface area (Å²) in [5, 5.41) is 18.6. The highest BCUT2D eigenvalue weighted by Gasteiger charge is 2.35. The quantitative estimate of drug-likeness (QED) is 0.653. The van der Waals surface area contributed by atoms with Crippen molar-refractivity contribution in [3.63, 3.8) is 0 Å². The SMILES string of the molecule is CCOC(=O)C1CCC(O)(CO)CC1. The fourth-order valence-electron chi connectivity index (χ4n) is 1.81. The fourth-order valence-corrected chi connectivity index (χ4v) is 1.81. The van der Waals surface area contributed by atoms with E-state index >= 15 is 0 Å². The Morgan fingerprint density at radius 2 is 2.07 bits per heavy atom. The van der Waals surface area contributed by atoms with E-state index < -0.39 is 5.60 Å². The van der Waals surface area contributed by atoms with Gasteiger partial charge >= 0.3 is 5.97 Å². The van der Waals surface area contributed by atoms with Crippen LogP contribution < -0.4 is 0 Å². The minimum absolute atomic E-state index is 0.0956.